The lowest BCUT2D eigenvalue weighted by Crippen LogP contribution is -2.46. The molecule has 400 valence electrons. The van der Waals surface area contributed by atoms with E-state index in [1.165, 1.54) is 0 Å². The van der Waals surface area contributed by atoms with Crippen molar-refractivity contribution in [1.29, 1.82) is 0 Å². The molecule has 8 heterocycles. The van der Waals surface area contributed by atoms with Crippen LogP contribution in [-0.4, -0.2) is 54.4 Å². The second-order valence-electron chi connectivity index (χ2n) is 18.8. The van der Waals surface area contributed by atoms with Crippen LogP contribution in [-0.2, 0) is 106 Å². The minimum absolute atomic E-state index is 0.0410. The van der Waals surface area contributed by atoms with Crippen molar-refractivity contribution in [2.24, 2.45) is 0 Å². The van der Waals surface area contributed by atoms with Gasteiger partial charge in [-0.25, -0.2) is 28.7 Å². The predicted molar refractivity (Wildman–Crippen MR) is 281 cm³/mol. The number of benzene rings is 4. The normalized spacial score (nSPS) is 17.9. The second-order valence-corrected chi connectivity index (χ2v) is 21.7. The van der Waals surface area contributed by atoms with Crippen LogP contribution in [0.3, 0.4) is 0 Å². The summed E-state index contributed by atoms with van der Waals surface area (Å²) in [6.07, 6.45) is 0.174. The third-order valence-electron chi connectivity index (χ3n) is 14.3. The average Bonchev–Trinajstić information content (AvgIpc) is 4.20. The Morgan fingerprint density at radius 1 is 0.551 bits per heavy atom. The smallest absolute Gasteiger partial charge is 0.458 e. The van der Waals surface area contributed by atoms with E-state index >= 15 is 0 Å². The number of hydrogen-bond donors (Lipinski definition) is 2. The van der Waals surface area contributed by atoms with E-state index < -0.39 is 52.4 Å². The van der Waals surface area contributed by atoms with Gasteiger partial charge in [0.2, 0.25) is 0 Å². The van der Waals surface area contributed by atoms with Gasteiger partial charge in [0.25, 0.3) is 11.1 Å². The minimum atomic E-state index is -4.82. The number of ether oxygens (including phenoxy) is 4. The summed E-state index contributed by atoms with van der Waals surface area (Å²) in [6, 6.07) is 41.2. The Labute approximate surface area is 444 Å². The molecule has 0 fully saturated rings. The third kappa shape index (κ3) is 9.85. The van der Waals surface area contributed by atoms with Crippen molar-refractivity contribution < 1.29 is 65.5 Å². The quantitative estimate of drug-likeness (QED) is 0.0521. The Kier molecular flexibility index (Phi) is 14.3. The van der Waals surface area contributed by atoms with Gasteiger partial charge in [0, 0.05) is 33.0 Å². The molecule has 0 unspecified atom stereocenters. The number of cyclic esters (lactones) is 2. The molecule has 20 nitrogen and oxygen atoms in total. The lowest BCUT2D eigenvalue weighted by molar-refractivity contribution is -0.193. The van der Waals surface area contributed by atoms with E-state index in [-0.39, 0.29) is 56.0 Å². The van der Waals surface area contributed by atoms with Gasteiger partial charge in [-0.15, -0.1) is 0 Å². The Morgan fingerprint density at radius 3 is 1.38 bits per heavy atom. The molecule has 0 saturated carbocycles. The zero-order valence-electron chi connectivity index (χ0n) is 42.1. The molecule has 4 aromatic carbocycles. The van der Waals surface area contributed by atoms with E-state index in [0.717, 1.165) is 44.1 Å². The zero-order chi connectivity index (χ0) is 54.4. The Balaban J connectivity index is 0.000000177. The summed E-state index contributed by atoms with van der Waals surface area (Å²) in [4.78, 5) is 80.9. The number of carbonyl (C=O) groups excluding carboxylic acids is 2. The van der Waals surface area contributed by atoms with Crippen molar-refractivity contribution in [2.75, 3.05) is 13.6 Å². The molecule has 22 heteroatoms. The highest BCUT2D eigenvalue weighted by Crippen LogP contribution is 2.52. The van der Waals surface area contributed by atoms with Crippen LogP contribution in [0.1, 0.15) is 71.2 Å². The van der Waals surface area contributed by atoms with Crippen molar-refractivity contribution in [3.05, 3.63) is 199 Å². The largest absolute Gasteiger partial charge is 0.477 e. The summed E-state index contributed by atoms with van der Waals surface area (Å²) in [5.41, 5.74) is 4.51. The predicted octanol–water partition coefficient (Wildman–Crippen LogP) is 8.79. The number of fused-ring (bicyclic) bond motifs is 10. The number of esters is 2. The molecule has 4 aliphatic heterocycles. The van der Waals surface area contributed by atoms with E-state index in [4.69, 9.17) is 52.3 Å². The summed E-state index contributed by atoms with van der Waals surface area (Å²) in [5.74, 6) is -1.43. The molecule has 0 amide bonds. The van der Waals surface area contributed by atoms with E-state index in [1.54, 1.807) is 35.1 Å². The van der Waals surface area contributed by atoms with Gasteiger partial charge in [-0.1, -0.05) is 111 Å². The first kappa shape index (κ1) is 52.7. The van der Waals surface area contributed by atoms with Crippen LogP contribution in [0.4, 0.5) is 0 Å². The summed E-state index contributed by atoms with van der Waals surface area (Å²) in [5, 5.41) is 1.93. The SMILES string of the molecule is CC[C@@]1(OCOP(=O)(O)O)C(=O)OCc2c1cc1n(c2=O)Cc2cc3ccccc3nc2-1.CC[C@@]1(OCOP(=O)(OCc2ccccc2)OCc2ccccc2)C(=O)OCc2c1cc1n(c2=O)Cc2cc3ccccc3nc2-1. The maximum absolute atomic E-state index is 13.8. The second kappa shape index (κ2) is 21.1. The number of nitrogens with zero attached hydrogens (tertiary/aromatic N) is 4. The van der Waals surface area contributed by atoms with Gasteiger partial charge in [0.1, 0.15) is 13.2 Å². The van der Waals surface area contributed by atoms with Gasteiger partial charge < -0.3 is 37.9 Å². The van der Waals surface area contributed by atoms with Crippen molar-refractivity contribution in [1.82, 2.24) is 19.1 Å². The van der Waals surface area contributed by atoms with Crippen LogP contribution in [0.25, 0.3) is 44.6 Å². The molecule has 12 rings (SSSR count). The number of rotatable bonds is 16. The van der Waals surface area contributed by atoms with E-state index in [1.807, 2.05) is 121 Å². The molecule has 4 aromatic heterocycles. The third-order valence-corrected chi connectivity index (χ3v) is 16.0. The molecule has 0 radical (unpaired) electrons. The van der Waals surface area contributed by atoms with Crippen LogP contribution < -0.4 is 11.1 Å². The minimum Gasteiger partial charge on any atom is -0.458 e. The molecule has 0 spiro atoms. The molecule has 2 N–H and O–H groups in total. The number of phosphoric ester groups is 2. The molecule has 0 aliphatic carbocycles. The number of para-hydroxylation sites is 2. The average molecular weight is 1100 g/mol. The fraction of sp³-hybridized carbons (Fsp3) is 0.250. The molecular formula is C56H50N4O16P2. The summed E-state index contributed by atoms with van der Waals surface area (Å²) >= 11 is 0. The Morgan fingerprint density at radius 2 is 0.962 bits per heavy atom. The number of pyridine rings is 4. The van der Waals surface area contributed by atoms with Crippen LogP contribution in [0, 0.1) is 0 Å². The number of hydrogen-bond acceptors (Lipinski definition) is 16. The summed E-state index contributed by atoms with van der Waals surface area (Å²) < 4.78 is 72.0. The van der Waals surface area contributed by atoms with Crippen LogP contribution in [0.2, 0.25) is 0 Å². The monoisotopic (exact) mass is 1100 g/mol. The standard InChI is InChI=1S/C35H31N2O8P.C21H19N2O8P/c1-2-35(42-23-45-46(40,43-20-24-11-5-3-6-12-24)44-21-25-13-7-4-8-14-25)29-18-31-32-27(17-26-15-9-10-16-30(26)36-32)19-37(31)33(38)28(29)22-41-34(35)39;1-2-21(30-11-31-32(26,27)28)15-8-17-18-13(7-12-5-3-4-6-16(12)22-18)9-23(17)19(24)14(15)10-29-20(21)25/h3-18H,2,19-23H2,1H3;3-8H,2,9-11H2,1H3,(H2,26,27,28)/t35-;21-/m00/s1. The fourth-order valence-corrected chi connectivity index (χ4v) is 11.5. The van der Waals surface area contributed by atoms with Crippen molar-refractivity contribution in [3.8, 4) is 22.8 Å². The summed E-state index contributed by atoms with van der Waals surface area (Å²) in [7, 11) is -9.03. The van der Waals surface area contributed by atoms with Gasteiger partial charge in [0.15, 0.2) is 24.8 Å². The zero-order valence-corrected chi connectivity index (χ0v) is 43.9. The highest BCUT2D eigenvalue weighted by Gasteiger charge is 2.50. The van der Waals surface area contributed by atoms with E-state index in [9.17, 15) is 28.3 Å². The first-order valence-corrected chi connectivity index (χ1v) is 27.9. The molecule has 78 heavy (non-hydrogen) atoms. The van der Waals surface area contributed by atoms with Crippen molar-refractivity contribution >= 4 is 49.4 Å². The van der Waals surface area contributed by atoms with Crippen LogP contribution >= 0.6 is 15.6 Å². The maximum atomic E-state index is 13.8. The van der Waals surface area contributed by atoms with E-state index in [2.05, 4.69) is 4.52 Å². The molecule has 0 saturated heterocycles. The van der Waals surface area contributed by atoms with Gasteiger partial charge in [-0.05, 0) is 60.4 Å². The van der Waals surface area contributed by atoms with Gasteiger partial charge in [-0.3, -0.25) is 27.7 Å². The highest BCUT2D eigenvalue weighted by molar-refractivity contribution is 7.48. The Bertz CT molecular complexity index is 3860. The number of aromatic nitrogens is 4. The lowest BCUT2D eigenvalue weighted by Gasteiger charge is -2.36. The van der Waals surface area contributed by atoms with Gasteiger partial charge in [-0.2, -0.15) is 0 Å². The fourth-order valence-electron chi connectivity index (χ4n) is 10.3. The first-order chi connectivity index (χ1) is 37.6. The highest BCUT2D eigenvalue weighted by atomic mass is 31.2. The van der Waals surface area contributed by atoms with Crippen molar-refractivity contribution in [2.45, 2.75) is 77.4 Å². The van der Waals surface area contributed by atoms with Gasteiger partial charge >= 0.3 is 27.6 Å². The first-order valence-electron chi connectivity index (χ1n) is 24.9. The van der Waals surface area contributed by atoms with E-state index in [0.29, 0.717) is 52.6 Å². The molecule has 2 atom stereocenters. The van der Waals surface area contributed by atoms with Crippen LogP contribution in [0.5, 0.6) is 0 Å². The maximum Gasteiger partial charge on any atom is 0.477 e. The molecular weight excluding hydrogens is 1050 g/mol. The molecule has 0 bridgehead atoms. The number of phosphoric acid groups is 2. The van der Waals surface area contributed by atoms with Gasteiger partial charge in [0.05, 0.1) is 71.2 Å². The summed E-state index contributed by atoms with van der Waals surface area (Å²) in [6.45, 7) is 2.10. The molecule has 8 aromatic rings. The Hall–Kier alpha value is -7.32. The lowest BCUT2D eigenvalue weighted by atomic mass is 9.85. The van der Waals surface area contributed by atoms with Crippen LogP contribution in [0.15, 0.2) is 143 Å². The van der Waals surface area contributed by atoms with Crippen molar-refractivity contribution in [3.63, 3.8) is 0 Å². The molecule has 4 aliphatic rings. The topological polar surface area (TPSA) is 252 Å². The number of carbonyl (C=O) groups is 2.